The van der Waals surface area contributed by atoms with Gasteiger partial charge < -0.3 is 29.6 Å². The number of aryl methyl sites for hydroxylation is 1. The molecule has 1 unspecified atom stereocenters. The van der Waals surface area contributed by atoms with Crippen LogP contribution in [0.3, 0.4) is 0 Å². The van der Waals surface area contributed by atoms with Crippen LogP contribution in [0, 0.1) is 30.1 Å². The molecule has 5 aromatic rings. The van der Waals surface area contributed by atoms with Gasteiger partial charge in [-0.1, -0.05) is 64.6 Å². The molecule has 0 aliphatic carbocycles. The van der Waals surface area contributed by atoms with Gasteiger partial charge in [-0.25, -0.2) is 18.2 Å². The van der Waals surface area contributed by atoms with Crippen molar-refractivity contribution < 1.29 is 41.7 Å². The van der Waals surface area contributed by atoms with Gasteiger partial charge in [-0.3, -0.25) is 9.59 Å². The first-order chi connectivity index (χ1) is 29.7. The van der Waals surface area contributed by atoms with Crippen LogP contribution in [0.2, 0.25) is 10.0 Å². The summed E-state index contributed by atoms with van der Waals surface area (Å²) in [5, 5.41) is 15.3. The molecule has 2 N–H and O–H groups in total. The lowest BCUT2D eigenvalue weighted by Crippen LogP contribution is -2.55. The maximum absolute atomic E-state index is 14.6. The summed E-state index contributed by atoms with van der Waals surface area (Å²) in [5.41, 5.74) is 4.04. The summed E-state index contributed by atoms with van der Waals surface area (Å²) in [6, 6.07) is 22.1. The van der Waals surface area contributed by atoms with Gasteiger partial charge in [0.1, 0.15) is 31.0 Å². The second-order valence-electron chi connectivity index (χ2n) is 14.2. The monoisotopic (exact) mass is 913 g/mol. The van der Waals surface area contributed by atoms with Gasteiger partial charge >= 0.3 is 5.97 Å². The zero-order valence-electron chi connectivity index (χ0n) is 33.4. The minimum atomic E-state index is -4.46. The van der Waals surface area contributed by atoms with Crippen LogP contribution in [0.1, 0.15) is 58.5 Å². The molecule has 3 atom stereocenters. The predicted octanol–water partition coefficient (Wildman–Crippen LogP) is 6.90. The van der Waals surface area contributed by atoms with Crippen molar-refractivity contribution in [2.45, 2.75) is 62.2 Å². The number of rotatable bonds is 11. The van der Waals surface area contributed by atoms with Gasteiger partial charge in [0.2, 0.25) is 11.8 Å². The molecule has 14 nitrogen and oxygen atoms in total. The zero-order valence-corrected chi connectivity index (χ0v) is 36.5. The van der Waals surface area contributed by atoms with Crippen LogP contribution < -0.4 is 24.8 Å². The number of nitrogens with one attached hydrogen (secondary N) is 2. The lowest BCUT2D eigenvalue weighted by atomic mass is 9.94. The lowest BCUT2D eigenvalue weighted by Gasteiger charge is -2.36. The largest absolute Gasteiger partial charge is 0.489 e. The van der Waals surface area contributed by atoms with Gasteiger partial charge in [0, 0.05) is 25.5 Å². The number of nitriles is 1. The lowest BCUT2D eigenvalue weighted by molar-refractivity contribution is -0.145. The minimum absolute atomic E-state index is 0.0790. The number of esters is 1. The molecule has 0 spiro atoms. The van der Waals surface area contributed by atoms with Crippen molar-refractivity contribution in [1.29, 1.82) is 5.26 Å². The van der Waals surface area contributed by atoms with Crippen molar-refractivity contribution in [2.75, 3.05) is 19.0 Å². The van der Waals surface area contributed by atoms with E-state index in [0.29, 0.717) is 49.5 Å². The Morgan fingerprint density at radius 2 is 1.73 bits per heavy atom. The number of carbonyl (C=O) groups is 3. The number of hydrogen-bond donors (Lipinski definition) is 2. The molecule has 0 bridgehead atoms. The highest BCUT2D eigenvalue weighted by Gasteiger charge is 2.43. The SMILES string of the molecule is COC(=O)C(CC#Cc1ccc(C#N)cc1)NC(=O)[C@@H]1Cc2cc3c(cc2CN1S(=O)(=O)c1sc(NC(C)=O)nc1C)O[C@@H](c1ccc(OCc2ccc(Cl)c(Cl)c2)cc1)CO3. The molecule has 0 saturated heterocycles. The van der Waals surface area contributed by atoms with E-state index in [1.54, 1.807) is 48.5 Å². The Bertz CT molecular complexity index is 2760. The Hall–Kier alpha value is -6.14. The number of nitrogens with zero attached hydrogens (tertiary/aromatic N) is 3. The third-order valence-corrected chi connectivity index (χ3v) is 14.1. The van der Waals surface area contributed by atoms with E-state index >= 15 is 0 Å². The van der Waals surface area contributed by atoms with Crippen LogP contribution in [0.15, 0.2) is 83.1 Å². The molecule has 18 heteroatoms. The van der Waals surface area contributed by atoms with E-state index in [2.05, 4.69) is 27.5 Å². The molecule has 0 fully saturated rings. The molecule has 1 aromatic heterocycles. The van der Waals surface area contributed by atoms with Crippen LogP contribution in [0.5, 0.6) is 17.2 Å². The molecule has 7 rings (SSSR count). The molecule has 2 aliphatic rings. The maximum atomic E-state index is 14.6. The summed E-state index contributed by atoms with van der Waals surface area (Å²) in [4.78, 5) is 43.3. The van der Waals surface area contributed by atoms with Gasteiger partial charge in [0.25, 0.3) is 10.0 Å². The molecule has 4 aromatic carbocycles. The van der Waals surface area contributed by atoms with E-state index in [1.165, 1.54) is 21.0 Å². The summed E-state index contributed by atoms with van der Waals surface area (Å²) in [6.45, 7) is 2.98. The van der Waals surface area contributed by atoms with E-state index in [4.69, 9.17) is 47.4 Å². The van der Waals surface area contributed by atoms with Crippen molar-refractivity contribution in [3.05, 3.63) is 128 Å². The number of sulfonamides is 1. The molecule has 3 heterocycles. The van der Waals surface area contributed by atoms with Crippen LogP contribution in [-0.2, 0) is 48.7 Å². The van der Waals surface area contributed by atoms with Gasteiger partial charge in [-0.15, -0.1) is 0 Å². The van der Waals surface area contributed by atoms with Crippen LogP contribution in [-0.4, -0.2) is 61.3 Å². The molecule has 0 radical (unpaired) electrons. The molecule has 0 saturated carbocycles. The topological polar surface area (TPSA) is 186 Å². The quantitative estimate of drug-likeness (QED) is 0.104. The number of anilines is 1. The molecule has 2 aliphatic heterocycles. The standard InChI is InChI=1S/C44H37Cl2N5O9S2/c1-25-43(61-44(48-25)49-26(2)52)62(55,56)51-22-32-20-39-38(59-24-40(60-39)30-12-14-33(15-13-30)58-23-29-11-16-34(45)35(46)17-29)19-31(32)18-37(51)41(53)50-36(42(54)57-3)6-4-5-27-7-9-28(21-47)10-8-27/h7-17,19-20,36-37,40H,6,18,22-24H2,1-3H3,(H,50,53)(H,48,49,52)/t36?,37-,40+/m0/s1. The first-order valence-electron chi connectivity index (χ1n) is 19.0. The van der Waals surface area contributed by atoms with Gasteiger partial charge in [-0.05, 0) is 96.3 Å². The molecule has 2 amide bonds. The fourth-order valence-electron chi connectivity index (χ4n) is 6.76. The van der Waals surface area contributed by atoms with Crippen LogP contribution >= 0.6 is 34.5 Å². The predicted molar refractivity (Wildman–Crippen MR) is 231 cm³/mol. The molecule has 62 heavy (non-hydrogen) atoms. The highest BCUT2D eigenvalue weighted by Crippen LogP contribution is 2.42. The number of halogens is 2. The van der Waals surface area contributed by atoms with Gasteiger partial charge in [0.05, 0.1) is 34.5 Å². The van der Waals surface area contributed by atoms with Gasteiger partial charge in [0.15, 0.2) is 26.9 Å². The minimum Gasteiger partial charge on any atom is -0.489 e. The summed E-state index contributed by atoms with van der Waals surface area (Å²) < 4.78 is 53.6. The Morgan fingerprint density at radius 3 is 2.42 bits per heavy atom. The van der Waals surface area contributed by atoms with E-state index in [9.17, 15) is 22.8 Å². The second kappa shape index (κ2) is 18.9. The van der Waals surface area contributed by atoms with Gasteiger partial charge in [-0.2, -0.15) is 9.57 Å². The molecule has 318 valence electrons. The number of benzene rings is 4. The second-order valence-corrected chi connectivity index (χ2v) is 18.1. The van der Waals surface area contributed by atoms with E-state index in [1.807, 2.05) is 36.4 Å². The van der Waals surface area contributed by atoms with Crippen molar-refractivity contribution in [2.24, 2.45) is 0 Å². The number of aromatic nitrogens is 1. The first kappa shape index (κ1) is 43.9. The number of fused-ring (bicyclic) bond motifs is 2. The first-order valence-corrected chi connectivity index (χ1v) is 22.0. The number of carbonyl (C=O) groups excluding carboxylic acids is 3. The van der Waals surface area contributed by atoms with Crippen molar-refractivity contribution in [3.8, 4) is 35.2 Å². The summed E-state index contributed by atoms with van der Waals surface area (Å²) in [7, 11) is -3.29. The maximum Gasteiger partial charge on any atom is 0.329 e. The highest BCUT2D eigenvalue weighted by atomic mass is 35.5. The van der Waals surface area contributed by atoms with Crippen molar-refractivity contribution in [1.82, 2.24) is 14.6 Å². The third kappa shape index (κ3) is 9.97. The Labute approximate surface area is 371 Å². The summed E-state index contributed by atoms with van der Waals surface area (Å²) >= 11 is 12.9. The molecular formula is C44H37Cl2N5O9S2. The number of thiazole rings is 1. The number of ether oxygens (including phenoxy) is 4. The average Bonchev–Trinajstić information content (AvgIpc) is 3.64. The number of amides is 2. The third-order valence-electron chi connectivity index (χ3n) is 9.89. The fraction of sp³-hybridized carbons (Fsp3) is 0.250. The van der Waals surface area contributed by atoms with Crippen molar-refractivity contribution >= 4 is 67.5 Å². The Morgan fingerprint density at radius 1 is 1.00 bits per heavy atom. The zero-order chi connectivity index (χ0) is 44.1. The summed E-state index contributed by atoms with van der Waals surface area (Å²) in [6.07, 6.45) is -0.753. The van der Waals surface area contributed by atoms with Crippen LogP contribution in [0.4, 0.5) is 5.13 Å². The normalized spacial score (nSPS) is 16.1. The molecular weight excluding hydrogens is 878 g/mol. The Kier molecular flexibility index (Phi) is 13.4. The summed E-state index contributed by atoms with van der Waals surface area (Å²) in [5.74, 6) is 5.23. The number of hydrogen-bond acceptors (Lipinski definition) is 12. The van der Waals surface area contributed by atoms with E-state index in [-0.39, 0.29) is 47.6 Å². The highest BCUT2D eigenvalue weighted by molar-refractivity contribution is 7.91. The number of methoxy groups -OCH3 is 1. The smallest absolute Gasteiger partial charge is 0.329 e. The average molecular weight is 915 g/mol. The Balaban J connectivity index is 1.13. The van der Waals surface area contributed by atoms with Crippen LogP contribution in [0.25, 0.3) is 0 Å². The van der Waals surface area contributed by atoms with E-state index in [0.717, 1.165) is 26.8 Å². The fourth-order valence-corrected chi connectivity index (χ4v) is 10.2. The van der Waals surface area contributed by atoms with E-state index < -0.39 is 46.0 Å². The van der Waals surface area contributed by atoms with Crippen molar-refractivity contribution in [3.63, 3.8) is 0 Å².